The molecule has 0 saturated carbocycles. The number of benzene rings is 1. The molecule has 0 unspecified atom stereocenters. The smallest absolute Gasteiger partial charge is 0.337 e. The molecule has 3 N–H and O–H groups in total. The van der Waals surface area contributed by atoms with E-state index in [0.29, 0.717) is 5.69 Å². The predicted octanol–water partition coefficient (Wildman–Crippen LogP) is 1.03. The van der Waals surface area contributed by atoms with Crippen LogP contribution in [-0.2, 0) is 0 Å². The summed E-state index contributed by atoms with van der Waals surface area (Å²) < 4.78 is 0. The van der Waals surface area contributed by atoms with Gasteiger partial charge in [0.15, 0.2) is 0 Å². The van der Waals surface area contributed by atoms with Crippen molar-refractivity contribution in [2.24, 2.45) is 0 Å². The standard InChI is InChI=1S/C13H19N3O2/c1-9-7-10(8-11(12(9)14)13(17)18)16-5-3-15(2)4-6-16/h7-8H,3-6,14H2,1-2H3,(H,17,18). The molecular weight excluding hydrogens is 230 g/mol. The van der Waals surface area contributed by atoms with Crippen LogP contribution in [0.3, 0.4) is 0 Å². The molecule has 1 aromatic carbocycles. The van der Waals surface area contributed by atoms with Crippen molar-refractivity contribution in [2.75, 3.05) is 43.9 Å². The minimum absolute atomic E-state index is 0.198. The third kappa shape index (κ3) is 2.41. The average molecular weight is 249 g/mol. The molecule has 1 fully saturated rings. The van der Waals surface area contributed by atoms with Gasteiger partial charge in [-0.3, -0.25) is 0 Å². The molecule has 0 aliphatic carbocycles. The van der Waals surface area contributed by atoms with E-state index in [1.54, 1.807) is 6.07 Å². The van der Waals surface area contributed by atoms with Gasteiger partial charge in [-0.1, -0.05) is 0 Å². The average Bonchev–Trinajstić information content (AvgIpc) is 2.33. The molecule has 1 saturated heterocycles. The number of aryl methyl sites for hydroxylation is 1. The van der Waals surface area contributed by atoms with Crippen LogP contribution in [0, 0.1) is 6.92 Å². The summed E-state index contributed by atoms with van der Waals surface area (Å²) in [5.41, 5.74) is 8.13. The Bertz CT molecular complexity index is 466. The van der Waals surface area contributed by atoms with Crippen LogP contribution >= 0.6 is 0 Å². The number of carboxylic acids is 1. The predicted molar refractivity (Wildman–Crippen MR) is 72.3 cm³/mol. The number of nitrogen functional groups attached to an aromatic ring is 1. The second-order valence-corrected chi connectivity index (χ2v) is 4.82. The topological polar surface area (TPSA) is 69.8 Å². The number of hydrogen-bond donors (Lipinski definition) is 2. The van der Waals surface area contributed by atoms with Crippen molar-refractivity contribution < 1.29 is 9.90 Å². The van der Waals surface area contributed by atoms with Crippen LogP contribution < -0.4 is 10.6 Å². The highest BCUT2D eigenvalue weighted by Crippen LogP contribution is 2.26. The number of likely N-dealkylation sites (N-methyl/N-ethyl adjacent to an activating group) is 1. The van der Waals surface area contributed by atoms with Crippen LogP contribution in [0.5, 0.6) is 0 Å². The Morgan fingerprint density at radius 1 is 1.28 bits per heavy atom. The van der Waals surface area contributed by atoms with E-state index in [1.807, 2.05) is 13.0 Å². The van der Waals surface area contributed by atoms with Crippen molar-refractivity contribution in [1.29, 1.82) is 0 Å². The Morgan fingerprint density at radius 2 is 1.89 bits per heavy atom. The zero-order chi connectivity index (χ0) is 13.3. The number of nitrogens with zero attached hydrogens (tertiary/aromatic N) is 2. The largest absolute Gasteiger partial charge is 0.478 e. The Balaban J connectivity index is 2.31. The number of aromatic carboxylic acids is 1. The Hall–Kier alpha value is -1.75. The molecule has 0 aromatic heterocycles. The van der Waals surface area contributed by atoms with Gasteiger partial charge >= 0.3 is 5.97 Å². The molecule has 1 aliphatic rings. The first kappa shape index (κ1) is 12.7. The van der Waals surface area contributed by atoms with Crippen LogP contribution in [0.1, 0.15) is 15.9 Å². The van der Waals surface area contributed by atoms with Crippen LogP contribution in [0.2, 0.25) is 0 Å². The highest BCUT2D eigenvalue weighted by Gasteiger charge is 2.18. The van der Waals surface area contributed by atoms with E-state index in [-0.39, 0.29) is 5.56 Å². The zero-order valence-electron chi connectivity index (χ0n) is 10.8. The number of nitrogens with two attached hydrogens (primary N) is 1. The number of anilines is 2. The Labute approximate surface area is 107 Å². The minimum Gasteiger partial charge on any atom is -0.478 e. The molecule has 98 valence electrons. The van der Waals surface area contributed by atoms with Crippen molar-refractivity contribution in [3.63, 3.8) is 0 Å². The van der Waals surface area contributed by atoms with Crippen molar-refractivity contribution >= 4 is 17.3 Å². The molecule has 0 atom stereocenters. The third-order valence-corrected chi connectivity index (χ3v) is 3.47. The lowest BCUT2D eigenvalue weighted by molar-refractivity contribution is 0.0698. The summed E-state index contributed by atoms with van der Waals surface area (Å²) in [4.78, 5) is 15.6. The van der Waals surface area contributed by atoms with Gasteiger partial charge in [0.1, 0.15) is 0 Å². The summed E-state index contributed by atoms with van der Waals surface area (Å²) in [5.74, 6) is -0.966. The van der Waals surface area contributed by atoms with Gasteiger partial charge in [0.2, 0.25) is 0 Å². The number of piperazine rings is 1. The van der Waals surface area contributed by atoms with Crippen molar-refractivity contribution in [3.8, 4) is 0 Å². The molecule has 5 heteroatoms. The van der Waals surface area contributed by atoms with Crippen molar-refractivity contribution in [1.82, 2.24) is 4.90 Å². The highest BCUT2D eigenvalue weighted by atomic mass is 16.4. The minimum atomic E-state index is -0.966. The summed E-state index contributed by atoms with van der Waals surface area (Å²) in [6.45, 7) is 5.66. The number of rotatable bonds is 2. The summed E-state index contributed by atoms with van der Waals surface area (Å²) >= 11 is 0. The van der Waals surface area contributed by atoms with E-state index in [0.717, 1.165) is 37.4 Å². The maximum absolute atomic E-state index is 11.2. The summed E-state index contributed by atoms with van der Waals surface area (Å²) in [5, 5.41) is 9.15. The number of hydrogen-bond acceptors (Lipinski definition) is 4. The molecule has 2 rings (SSSR count). The zero-order valence-corrected chi connectivity index (χ0v) is 10.8. The molecule has 0 bridgehead atoms. The highest BCUT2D eigenvalue weighted by molar-refractivity contribution is 5.95. The number of carboxylic acid groups (broad SMARTS) is 1. The molecule has 1 aromatic rings. The SMILES string of the molecule is Cc1cc(N2CCN(C)CC2)cc(C(=O)O)c1N. The lowest BCUT2D eigenvalue weighted by atomic mass is 10.1. The first-order chi connectivity index (χ1) is 8.49. The van der Waals surface area contributed by atoms with Gasteiger partial charge in [-0.05, 0) is 31.7 Å². The first-order valence-corrected chi connectivity index (χ1v) is 6.06. The second-order valence-electron chi connectivity index (χ2n) is 4.82. The molecule has 1 aliphatic heterocycles. The number of carbonyl (C=O) groups is 1. The Morgan fingerprint density at radius 3 is 2.44 bits per heavy atom. The van der Waals surface area contributed by atoms with E-state index < -0.39 is 5.97 Å². The quantitative estimate of drug-likeness (QED) is 0.766. The van der Waals surface area contributed by atoms with Crippen molar-refractivity contribution in [3.05, 3.63) is 23.3 Å². The maximum Gasteiger partial charge on any atom is 0.337 e. The van der Waals surface area contributed by atoms with E-state index >= 15 is 0 Å². The van der Waals surface area contributed by atoms with Crippen LogP contribution in [-0.4, -0.2) is 49.2 Å². The van der Waals surface area contributed by atoms with E-state index in [4.69, 9.17) is 10.8 Å². The van der Waals surface area contributed by atoms with E-state index in [2.05, 4.69) is 16.8 Å². The van der Waals surface area contributed by atoms with Gasteiger partial charge in [-0.15, -0.1) is 0 Å². The van der Waals surface area contributed by atoms with Gasteiger partial charge in [0.25, 0.3) is 0 Å². The van der Waals surface area contributed by atoms with Crippen molar-refractivity contribution in [2.45, 2.75) is 6.92 Å². The third-order valence-electron chi connectivity index (χ3n) is 3.47. The van der Waals surface area contributed by atoms with Crippen LogP contribution in [0.4, 0.5) is 11.4 Å². The Kier molecular flexibility index (Phi) is 3.43. The van der Waals surface area contributed by atoms with Crippen LogP contribution in [0.25, 0.3) is 0 Å². The summed E-state index contributed by atoms with van der Waals surface area (Å²) in [6.07, 6.45) is 0. The van der Waals surface area contributed by atoms with Gasteiger partial charge in [-0.25, -0.2) is 4.79 Å². The summed E-state index contributed by atoms with van der Waals surface area (Å²) in [7, 11) is 2.09. The fourth-order valence-electron chi connectivity index (χ4n) is 2.20. The lowest BCUT2D eigenvalue weighted by Gasteiger charge is -2.34. The molecule has 0 amide bonds. The van der Waals surface area contributed by atoms with Gasteiger partial charge in [0, 0.05) is 37.6 Å². The molecule has 5 nitrogen and oxygen atoms in total. The first-order valence-electron chi connectivity index (χ1n) is 6.06. The van der Waals surface area contributed by atoms with Gasteiger partial charge in [-0.2, -0.15) is 0 Å². The van der Waals surface area contributed by atoms with Gasteiger partial charge in [0.05, 0.1) is 5.56 Å². The second kappa shape index (κ2) is 4.86. The molecule has 18 heavy (non-hydrogen) atoms. The molecule has 1 heterocycles. The monoisotopic (exact) mass is 249 g/mol. The molecule has 0 radical (unpaired) electrons. The van der Waals surface area contributed by atoms with E-state index in [1.165, 1.54) is 0 Å². The van der Waals surface area contributed by atoms with Gasteiger partial charge < -0.3 is 20.6 Å². The molecule has 0 spiro atoms. The van der Waals surface area contributed by atoms with E-state index in [9.17, 15) is 4.79 Å². The fourth-order valence-corrected chi connectivity index (χ4v) is 2.20. The molecular formula is C13H19N3O2. The maximum atomic E-state index is 11.2. The fraction of sp³-hybridized carbons (Fsp3) is 0.462. The van der Waals surface area contributed by atoms with Crippen LogP contribution in [0.15, 0.2) is 12.1 Å². The lowest BCUT2D eigenvalue weighted by Crippen LogP contribution is -2.44. The normalized spacial score (nSPS) is 16.9. The summed E-state index contributed by atoms with van der Waals surface area (Å²) in [6, 6.07) is 3.64.